The van der Waals surface area contributed by atoms with Gasteiger partial charge in [-0.15, -0.1) is 0 Å². The summed E-state index contributed by atoms with van der Waals surface area (Å²) in [6.45, 7) is 1.98. The predicted octanol–water partition coefficient (Wildman–Crippen LogP) is 3.44. The molecule has 0 aliphatic carbocycles. The van der Waals surface area contributed by atoms with E-state index in [0.717, 1.165) is 16.7 Å². The van der Waals surface area contributed by atoms with E-state index in [2.05, 4.69) is 9.97 Å². The number of benzene rings is 1. The average Bonchev–Trinajstić information content (AvgIpc) is 2.95. The first-order chi connectivity index (χ1) is 11.2. The van der Waals surface area contributed by atoms with Gasteiger partial charge in [0, 0.05) is 18.0 Å². The molecule has 0 fully saturated rings. The predicted molar refractivity (Wildman–Crippen MR) is 89.8 cm³/mol. The van der Waals surface area contributed by atoms with Crippen LogP contribution in [0.3, 0.4) is 0 Å². The number of pyridine rings is 1. The molecule has 0 unspecified atom stereocenters. The summed E-state index contributed by atoms with van der Waals surface area (Å²) in [5.74, 6) is 0.534. The molecule has 3 aromatic heterocycles. The summed E-state index contributed by atoms with van der Waals surface area (Å²) in [6, 6.07) is 13.0. The number of aromatic nitrogens is 3. The number of para-hydroxylation sites is 2. The van der Waals surface area contributed by atoms with Gasteiger partial charge in [0.25, 0.3) is 10.8 Å². The molecule has 114 valence electrons. The van der Waals surface area contributed by atoms with Crippen LogP contribution in [-0.4, -0.2) is 14.4 Å². The van der Waals surface area contributed by atoms with Crippen molar-refractivity contribution in [1.29, 1.82) is 0 Å². The molecule has 0 aliphatic rings. The third kappa shape index (κ3) is 2.73. The van der Waals surface area contributed by atoms with E-state index in [9.17, 15) is 4.79 Å². The lowest BCUT2D eigenvalue weighted by Gasteiger charge is -2.03. The maximum atomic E-state index is 12.1. The summed E-state index contributed by atoms with van der Waals surface area (Å²) in [6.07, 6.45) is 1.75. The Hall–Kier alpha value is -2.60. The van der Waals surface area contributed by atoms with E-state index in [0.29, 0.717) is 22.3 Å². The lowest BCUT2D eigenvalue weighted by atomic mass is 10.3. The third-order valence-corrected chi connectivity index (χ3v) is 4.36. The van der Waals surface area contributed by atoms with Crippen LogP contribution in [0.5, 0.6) is 0 Å². The van der Waals surface area contributed by atoms with Crippen molar-refractivity contribution in [3.8, 4) is 0 Å². The van der Waals surface area contributed by atoms with Gasteiger partial charge in [0.2, 0.25) is 0 Å². The number of hydrogen-bond acceptors (Lipinski definition) is 5. The summed E-state index contributed by atoms with van der Waals surface area (Å²) in [5, 5.41) is 0.581. The minimum absolute atomic E-state index is 0.0804. The number of rotatable bonds is 3. The number of aryl methyl sites for hydroxylation is 1. The molecule has 0 saturated heterocycles. The zero-order chi connectivity index (χ0) is 15.8. The fraction of sp³-hybridized carbons (Fsp3) is 0.118. The molecule has 0 atom stereocenters. The van der Waals surface area contributed by atoms with Crippen LogP contribution < -0.4 is 5.56 Å². The molecular weight excluding hydrogens is 310 g/mol. The van der Waals surface area contributed by atoms with Crippen LogP contribution in [0.15, 0.2) is 63.1 Å². The van der Waals surface area contributed by atoms with E-state index < -0.39 is 0 Å². The molecule has 1 aromatic carbocycles. The summed E-state index contributed by atoms with van der Waals surface area (Å²) in [7, 11) is 0. The van der Waals surface area contributed by atoms with Crippen LogP contribution >= 0.6 is 11.8 Å². The Morgan fingerprint density at radius 1 is 1.17 bits per heavy atom. The van der Waals surface area contributed by atoms with Crippen molar-refractivity contribution in [2.45, 2.75) is 17.9 Å². The molecule has 5 nitrogen and oxygen atoms in total. The molecule has 4 aromatic rings. The maximum Gasteiger partial charge on any atom is 0.258 e. The van der Waals surface area contributed by atoms with Crippen LogP contribution in [0, 0.1) is 6.92 Å². The molecule has 0 amide bonds. The van der Waals surface area contributed by atoms with Gasteiger partial charge in [0.15, 0.2) is 5.58 Å². The minimum atomic E-state index is -0.0804. The second-order valence-corrected chi connectivity index (χ2v) is 6.18. The second-order valence-electron chi connectivity index (χ2n) is 5.25. The van der Waals surface area contributed by atoms with Crippen molar-refractivity contribution in [3.63, 3.8) is 0 Å². The third-order valence-electron chi connectivity index (χ3n) is 3.49. The molecular formula is C17H13N3O2S. The summed E-state index contributed by atoms with van der Waals surface area (Å²) < 4.78 is 7.21. The topological polar surface area (TPSA) is 60.4 Å². The Bertz CT molecular complexity index is 1040. The molecule has 0 radical (unpaired) electrons. The molecule has 6 heteroatoms. The van der Waals surface area contributed by atoms with Crippen molar-refractivity contribution in [3.05, 3.63) is 70.3 Å². The van der Waals surface area contributed by atoms with Crippen molar-refractivity contribution >= 4 is 28.5 Å². The van der Waals surface area contributed by atoms with Gasteiger partial charge in [-0.2, -0.15) is 0 Å². The highest BCUT2D eigenvalue weighted by atomic mass is 32.2. The Balaban J connectivity index is 1.63. The van der Waals surface area contributed by atoms with Crippen LogP contribution in [-0.2, 0) is 5.75 Å². The largest absolute Gasteiger partial charge is 0.431 e. The normalized spacial score (nSPS) is 11.3. The average molecular weight is 323 g/mol. The smallest absolute Gasteiger partial charge is 0.258 e. The van der Waals surface area contributed by atoms with Gasteiger partial charge in [-0.25, -0.2) is 9.97 Å². The van der Waals surface area contributed by atoms with E-state index in [-0.39, 0.29) is 5.56 Å². The lowest BCUT2D eigenvalue weighted by molar-refractivity contribution is 0.489. The Morgan fingerprint density at radius 3 is 2.91 bits per heavy atom. The van der Waals surface area contributed by atoms with Gasteiger partial charge in [0.05, 0.1) is 5.69 Å². The van der Waals surface area contributed by atoms with E-state index in [1.165, 1.54) is 11.8 Å². The van der Waals surface area contributed by atoms with Crippen LogP contribution in [0.4, 0.5) is 0 Å². The van der Waals surface area contributed by atoms with E-state index in [1.54, 1.807) is 16.7 Å². The van der Waals surface area contributed by atoms with Crippen LogP contribution in [0.25, 0.3) is 16.7 Å². The summed E-state index contributed by atoms with van der Waals surface area (Å²) in [5.41, 5.74) is 3.96. The fourth-order valence-corrected chi connectivity index (χ4v) is 3.11. The highest BCUT2D eigenvalue weighted by Crippen LogP contribution is 2.25. The molecule has 4 rings (SSSR count). The monoisotopic (exact) mass is 323 g/mol. The number of thioether (sulfide) groups is 1. The lowest BCUT2D eigenvalue weighted by Crippen LogP contribution is -2.15. The Kier molecular flexibility index (Phi) is 3.38. The Labute approximate surface area is 136 Å². The first kappa shape index (κ1) is 14.0. The molecule has 3 heterocycles. The zero-order valence-corrected chi connectivity index (χ0v) is 13.2. The molecule has 0 N–H and O–H groups in total. The quantitative estimate of drug-likeness (QED) is 0.541. The first-order valence-electron chi connectivity index (χ1n) is 7.16. The molecule has 0 bridgehead atoms. The summed E-state index contributed by atoms with van der Waals surface area (Å²) >= 11 is 1.43. The van der Waals surface area contributed by atoms with E-state index >= 15 is 0 Å². The number of hydrogen-bond donors (Lipinski definition) is 0. The molecule has 0 saturated carbocycles. The van der Waals surface area contributed by atoms with Crippen molar-refractivity contribution in [2.75, 3.05) is 0 Å². The molecule has 0 spiro atoms. The fourth-order valence-electron chi connectivity index (χ4n) is 2.38. The number of fused-ring (bicyclic) bond motifs is 2. The SMILES string of the molecule is Cc1ccn2c(=O)cc(CSc3nc4ccccc4o3)nc2c1. The highest BCUT2D eigenvalue weighted by molar-refractivity contribution is 7.98. The van der Waals surface area contributed by atoms with Gasteiger partial charge in [-0.1, -0.05) is 23.9 Å². The molecule has 23 heavy (non-hydrogen) atoms. The Morgan fingerprint density at radius 2 is 2.04 bits per heavy atom. The van der Waals surface area contributed by atoms with Crippen LogP contribution in [0.2, 0.25) is 0 Å². The number of oxazole rings is 1. The van der Waals surface area contributed by atoms with E-state index in [4.69, 9.17) is 4.42 Å². The van der Waals surface area contributed by atoms with Crippen molar-refractivity contribution < 1.29 is 4.42 Å². The number of nitrogens with zero attached hydrogens (tertiary/aromatic N) is 3. The van der Waals surface area contributed by atoms with Gasteiger partial charge >= 0.3 is 0 Å². The second kappa shape index (κ2) is 5.55. The standard InChI is InChI=1S/C17H13N3O2S/c1-11-6-7-20-15(8-11)18-12(9-16(20)21)10-23-17-19-13-4-2-3-5-14(13)22-17/h2-9H,10H2,1H3. The highest BCUT2D eigenvalue weighted by Gasteiger charge is 2.08. The van der Waals surface area contributed by atoms with Crippen molar-refractivity contribution in [2.24, 2.45) is 0 Å². The maximum absolute atomic E-state index is 12.1. The zero-order valence-electron chi connectivity index (χ0n) is 12.4. The van der Waals surface area contributed by atoms with Gasteiger partial charge < -0.3 is 4.42 Å². The minimum Gasteiger partial charge on any atom is -0.431 e. The van der Waals surface area contributed by atoms with E-state index in [1.807, 2.05) is 43.3 Å². The van der Waals surface area contributed by atoms with Gasteiger partial charge in [-0.05, 0) is 36.8 Å². The van der Waals surface area contributed by atoms with Gasteiger partial charge in [0.1, 0.15) is 11.2 Å². The first-order valence-corrected chi connectivity index (χ1v) is 8.15. The van der Waals surface area contributed by atoms with Crippen molar-refractivity contribution in [1.82, 2.24) is 14.4 Å². The van der Waals surface area contributed by atoms with Gasteiger partial charge in [-0.3, -0.25) is 9.20 Å². The van der Waals surface area contributed by atoms with Crippen LogP contribution in [0.1, 0.15) is 11.3 Å². The molecule has 0 aliphatic heterocycles. The summed E-state index contributed by atoms with van der Waals surface area (Å²) in [4.78, 5) is 21.1.